The maximum Gasteiger partial charge on any atom is 0.191 e. The summed E-state index contributed by atoms with van der Waals surface area (Å²) >= 11 is 6.18. The molecule has 0 amide bonds. The Morgan fingerprint density at radius 3 is 2.88 bits per heavy atom. The Hall–Kier alpha value is -1.35. The van der Waals surface area contributed by atoms with Gasteiger partial charge in [-0.15, -0.1) is 34.2 Å². The molecule has 8 heteroatoms. The van der Waals surface area contributed by atoms with Gasteiger partial charge < -0.3 is 15.2 Å². The Labute approximate surface area is 170 Å². The molecule has 0 radical (unpaired) electrons. The maximum atomic E-state index is 6.18. The van der Waals surface area contributed by atoms with Crippen molar-refractivity contribution in [3.05, 3.63) is 46.5 Å². The standard InChI is InChI=1S/C17H23ClN6.HI/c1-19-17(20-10-9-13-6-2-3-7-14(13)18)21-12-16-23-22-15-8-4-5-11-24(15)16;/h2-3,6-7H,4-5,8-12H2,1H3,(H2,19,20,21);1H. The zero-order valence-corrected chi connectivity index (χ0v) is 17.4. The number of aryl methyl sites for hydroxylation is 1. The molecule has 2 heterocycles. The fourth-order valence-corrected chi connectivity index (χ4v) is 3.13. The number of hydrogen-bond donors (Lipinski definition) is 2. The zero-order chi connectivity index (χ0) is 16.8. The van der Waals surface area contributed by atoms with E-state index >= 15 is 0 Å². The summed E-state index contributed by atoms with van der Waals surface area (Å²) in [5, 5.41) is 16.0. The van der Waals surface area contributed by atoms with Crippen LogP contribution in [0.5, 0.6) is 0 Å². The molecule has 1 aromatic carbocycles. The Morgan fingerprint density at radius 2 is 2.08 bits per heavy atom. The average Bonchev–Trinajstić information content (AvgIpc) is 3.03. The number of halogens is 2. The molecular formula is C17H24ClIN6. The molecule has 0 atom stereocenters. The number of nitrogens with zero attached hydrogens (tertiary/aromatic N) is 4. The number of hydrogen-bond acceptors (Lipinski definition) is 3. The smallest absolute Gasteiger partial charge is 0.191 e. The van der Waals surface area contributed by atoms with Crippen LogP contribution in [0.4, 0.5) is 0 Å². The summed E-state index contributed by atoms with van der Waals surface area (Å²) in [6.07, 6.45) is 4.28. The molecule has 0 aliphatic carbocycles. The maximum absolute atomic E-state index is 6.18. The molecule has 0 fully saturated rings. The Balaban J connectivity index is 0.00000225. The Bertz CT molecular complexity index is 715. The molecule has 136 valence electrons. The first-order valence-electron chi connectivity index (χ1n) is 8.37. The summed E-state index contributed by atoms with van der Waals surface area (Å²) in [5.41, 5.74) is 1.13. The summed E-state index contributed by atoms with van der Waals surface area (Å²) in [5.74, 6) is 2.83. The molecule has 1 aliphatic heterocycles. The molecule has 0 unspecified atom stereocenters. The number of aromatic nitrogens is 3. The highest BCUT2D eigenvalue weighted by Crippen LogP contribution is 2.15. The van der Waals surface area contributed by atoms with Gasteiger partial charge in [-0.25, -0.2) is 0 Å². The van der Waals surface area contributed by atoms with Crippen molar-refractivity contribution in [2.75, 3.05) is 13.6 Å². The van der Waals surface area contributed by atoms with Crippen molar-refractivity contribution >= 4 is 41.5 Å². The molecule has 1 aromatic heterocycles. The molecule has 2 N–H and O–H groups in total. The molecule has 0 saturated carbocycles. The molecule has 3 rings (SSSR count). The van der Waals surface area contributed by atoms with Crippen molar-refractivity contribution in [2.45, 2.75) is 38.8 Å². The molecule has 0 bridgehead atoms. The van der Waals surface area contributed by atoms with E-state index in [2.05, 4.69) is 30.4 Å². The number of fused-ring (bicyclic) bond motifs is 1. The monoisotopic (exact) mass is 474 g/mol. The zero-order valence-electron chi connectivity index (χ0n) is 14.3. The van der Waals surface area contributed by atoms with Crippen molar-refractivity contribution in [3.63, 3.8) is 0 Å². The van der Waals surface area contributed by atoms with Crippen molar-refractivity contribution < 1.29 is 0 Å². The number of rotatable bonds is 5. The van der Waals surface area contributed by atoms with Gasteiger partial charge in [-0.05, 0) is 30.9 Å². The van der Waals surface area contributed by atoms with Gasteiger partial charge in [0.05, 0.1) is 6.54 Å². The summed E-state index contributed by atoms with van der Waals surface area (Å²) in [6.45, 7) is 2.40. The number of aliphatic imine (C=N–C) groups is 1. The third kappa shape index (κ3) is 5.31. The molecule has 25 heavy (non-hydrogen) atoms. The third-order valence-corrected chi connectivity index (χ3v) is 4.59. The van der Waals surface area contributed by atoms with Crippen LogP contribution in [0.25, 0.3) is 0 Å². The summed E-state index contributed by atoms with van der Waals surface area (Å²) in [4.78, 5) is 4.26. The largest absolute Gasteiger partial charge is 0.356 e. The molecule has 1 aliphatic rings. The summed E-state index contributed by atoms with van der Waals surface area (Å²) in [6, 6.07) is 7.91. The minimum absolute atomic E-state index is 0. The van der Waals surface area contributed by atoms with Gasteiger partial charge in [-0.1, -0.05) is 29.8 Å². The summed E-state index contributed by atoms with van der Waals surface area (Å²) < 4.78 is 2.22. The molecular weight excluding hydrogens is 451 g/mol. The highest BCUT2D eigenvalue weighted by molar-refractivity contribution is 14.0. The topological polar surface area (TPSA) is 67.1 Å². The Morgan fingerprint density at radius 1 is 1.24 bits per heavy atom. The van der Waals surface area contributed by atoms with Crippen LogP contribution >= 0.6 is 35.6 Å². The van der Waals surface area contributed by atoms with E-state index in [1.165, 1.54) is 12.8 Å². The fourth-order valence-electron chi connectivity index (χ4n) is 2.90. The van der Waals surface area contributed by atoms with Crippen LogP contribution in [-0.4, -0.2) is 34.3 Å². The lowest BCUT2D eigenvalue weighted by Gasteiger charge is -2.16. The van der Waals surface area contributed by atoms with Gasteiger partial charge in [0.25, 0.3) is 0 Å². The molecule has 0 spiro atoms. The lowest BCUT2D eigenvalue weighted by atomic mass is 10.1. The van der Waals surface area contributed by atoms with Crippen molar-refractivity contribution in [2.24, 2.45) is 4.99 Å². The second-order valence-electron chi connectivity index (χ2n) is 5.84. The second-order valence-corrected chi connectivity index (χ2v) is 6.24. The van der Waals surface area contributed by atoms with Crippen LogP contribution in [0.15, 0.2) is 29.3 Å². The molecule has 0 saturated heterocycles. The minimum Gasteiger partial charge on any atom is -0.356 e. The van der Waals surface area contributed by atoms with Crippen LogP contribution in [0.3, 0.4) is 0 Å². The van der Waals surface area contributed by atoms with Crippen LogP contribution in [0, 0.1) is 0 Å². The van der Waals surface area contributed by atoms with Crippen LogP contribution < -0.4 is 10.6 Å². The van der Waals surface area contributed by atoms with E-state index in [0.29, 0.717) is 6.54 Å². The predicted octanol–water partition coefficient (Wildman–Crippen LogP) is 2.79. The lowest BCUT2D eigenvalue weighted by Crippen LogP contribution is -2.38. The van der Waals surface area contributed by atoms with Gasteiger partial charge in [0.2, 0.25) is 0 Å². The van der Waals surface area contributed by atoms with E-state index < -0.39 is 0 Å². The van der Waals surface area contributed by atoms with Gasteiger partial charge in [-0.3, -0.25) is 4.99 Å². The first-order chi connectivity index (χ1) is 11.8. The number of guanidine groups is 1. The van der Waals surface area contributed by atoms with E-state index in [4.69, 9.17) is 11.6 Å². The minimum atomic E-state index is 0. The van der Waals surface area contributed by atoms with Gasteiger partial charge >= 0.3 is 0 Å². The van der Waals surface area contributed by atoms with Crippen LogP contribution in [0.1, 0.15) is 30.1 Å². The van der Waals surface area contributed by atoms with Gasteiger partial charge in [0.15, 0.2) is 11.8 Å². The average molecular weight is 475 g/mol. The molecule has 6 nitrogen and oxygen atoms in total. The molecule has 2 aromatic rings. The van der Waals surface area contributed by atoms with Crippen molar-refractivity contribution in [1.29, 1.82) is 0 Å². The van der Waals surface area contributed by atoms with E-state index in [0.717, 1.165) is 54.1 Å². The quantitative estimate of drug-likeness (QED) is 0.397. The van der Waals surface area contributed by atoms with Gasteiger partial charge in [0.1, 0.15) is 5.82 Å². The van der Waals surface area contributed by atoms with Crippen LogP contribution in [-0.2, 0) is 25.9 Å². The van der Waals surface area contributed by atoms with E-state index in [-0.39, 0.29) is 24.0 Å². The van der Waals surface area contributed by atoms with Crippen molar-refractivity contribution in [1.82, 2.24) is 25.4 Å². The SMILES string of the molecule is CN=C(NCCc1ccccc1Cl)NCc1nnc2n1CCCC2.I. The van der Waals surface area contributed by atoms with E-state index in [1.54, 1.807) is 7.05 Å². The summed E-state index contributed by atoms with van der Waals surface area (Å²) in [7, 11) is 1.77. The van der Waals surface area contributed by atoms with E-state index in [9.17, 15) is 0 Å². The fraction of sp³-hybridized carbons (Fsp3) is 0.471. The first-order valence-corrected chi connectivity index (χ1v) is 8.74. The van der Waals surface area contributed by atoms with Crippen molar-refractivity contribution in [3.8, 4) is 0 Å². The highest BCUT2D eigenvalue weighted by Gasteiger charge is 2.15. The van der Waals surface area contributed by atoms with Gasteiger partial charge in [0, 0.05) is 31.6 Å². The highest BCUT2D eigenvalue weighted by atomic mass is 127. The van der Waals surface area contributed by atoms with Gasteiger partial charge in [-0.2, -0.15) is 0 Å². The normalized spacial score (nSPS) is 13.8. The first kappa shape index (κ1) is 20.0. The van der Waals surface area contributed by atoms with E-state index in [1.807, 2.05) is 24.3 Å². The number of nitrogens with one attached hydrogen (secondary N) is 2. The second kappa shape index (κ2) is 9.96. The van der Waals surface area contributed by atoms with Crippen LogP contribution in [0.2, 0.25) is 5.02 Å². The predicted molar refractivity (Wildman–Crippen MR) is 112 cm³/mol. The Kier molecular flexibility index (Phi) is 7.95. The lowest BCUT2D eigenvalue weighted by molar-refractivity contribution is 0.504. The number of benzene rings is 1. The third-order valence-electron chi connectivity index (χ3n) is 4.22.